The zero-order chi connectivity index (χ0) is 18.0. The van der Waals surface area contributed by atoms with E-state index in [0.29, 0.717) is 12.2 Å². The van der Waals surface area contributed by atoms with Crippen LogP contribution in [0.1, 0.15) is 49.7 Å². The maximum absolute atomic E-state index is 11.6. The SMILES string of the molecule is CCc1nc2c(N)nc3c(c2n1CCCCS(=O)(=O)NC)CCCC3. The Kier molecular flexibility index (Phi) is 5.29. The standard InChI is InChI=1S/C17H27N5O2S/c1-3-14-21-15-16(12-8-4-5-9-13(12)20-17(15)18)22(14)10-6-7-11-25(23,24)19-2/h19H,3-11H2,1-2H3,(H2,18,20). The number of anilines is 1. The van der Waals surface area contributed by atoms with E-state index < -0.39 is 10.0 Å². The number of rotatable bonds is 7. The monoisotopic (exact) mass is 365 g/mol. The third-order valence-corrected chi connectivity index (χ3v) is 6.39. The molecule has 3 rings (SSSR count). The smallest absolute Gasteiger partial charge is 0.211 e. The van der Waals surface area contributed by atoms with Gasteiger partial charge in [0.1, 0.15) is 11.3 Å². The predicted octanol–water partition coefficient (Wildman–Crippen LogP) is 1.78. The molecule has 3 N–H and O–H groups in total. The first-order chi connectivity index (χ1) is 12.0. The minimum Gasteiger partial charge on any atom is -0.382 e. The first-order valence-corrected chi connectivity index (χ1v) is 10.7. The number of sulfonamides is 1. The van der Waals surface area contributed by atoms with Gasteiger partial charge in [-0.15, -0.1) is 0 Å². The Morgan fingerprint density at radius 1 is 1.20 bits per heavy atom. The molecule has 0 saturated heterocycles. The number of pyridine rings is 1. The van der Waals surface area contributed by atoms with Gasteiger partial charge < -0.3 is 10.3 Å². The zero-order valence-corrected chi connectivity index (χ0v) is 15.8. The van der Waals surface area contributed by atoms with E-state index in [-0.39, 0.29) is 5.75 Å². The van der Waals surface area contributed by atoms with Crippen LogP contribution in [0.25, 0.3) is 11.0 Å². The third kappa shape index (κ3) is 3.64. The fourth-order valence-electron chi connectivity index (χ4n) is 3.62. The van der Waals surface area contributed by atoms with Gasteiger partial charge in [0.15, 0.2) is 5.82 Å². The lowest BCUT2D eigenvalue weighted by Gasteiger charge is -2.18. The van der Waals surface area contributed by atoms with Crippen LogP contribution in [0.5, 0.6) is 0 Å². The highest BCUT2D eigenvalue weighted by molar-refractivity contribution is 7.89. The van der Waals surface area contributed by atoms with Crippen molar-refractivity contribution in [2.75, 3.05) is 18.5 Å². The van der Waals surface area contributed by atoms with Gasteiger partial charge in [-0.2, -0.15) is 0 Å². The number of nitrogens with one attached hydrogen (secondary N) is 1. The Balaban J connectivity index is 1.92. The van der Waals surface area contributed by atoms with Crippen molar-refractivity contribution >= 4 is 26.9 Å². The number of nitrogens with two attached hydrogens (primary N) is 1. The fourth-order valence-corrected chi connectivity index (χ4v) is 4.41. The summed E-state index contributed by atoms with van der Waals surface area (Å²) in [5, 5.41) is 0. The Bertz CT molecular complexity index is 873. The van der Waals surface area contributed by atoms with Crippen LogP contribution in [0.2, 0.25) is 0 Å². The molecule has 0 unspecified atom stereocenters. The molecule has 0 radical (unpaired) electrons. The van der Waals surface area contributed by atoms with Gasteiger partial charge in [0.2, 0.25) is 10.0 Å². The van der Waals surface area contributed by atoms with Crippen LogP contribution in [-0.4, -0.2) is 35.8 Å². The van der Waals surface area contributed by atoms with Crippen molar-refractivity contribution < 1.29 is 8.42 Å². The third-order valence-electron chi connectivity index (χ3n) is 4.94. The molecule has 0 bridgehead atoms. The number of aryl methyl sites for hydroxylation is 4. The van der Waals surface area contributed by atoms with Gasteiger partial charge in [0.05, 0.1) is 11.3 Å². The average molecular weight is 366 g/mol. The molecule has 0 aromatic carbocycles. The Morgan fingerprint density at radius 2 is 1.96 bits per heavy atom. The lowest BCUT2D eigenvalue weighted by molar-refractivity contribution is 0.574. The van der Waals surface area contributed by atoms with E-state index in [9.17, 15) is 8.42 Å². The maximum atomic E-state index is 11.6. The predicted molar refractivity (Wildman–Crippen MR) is 100 cm³/mol. The summed E-state index contributed by atoms with van der Waals surface area (Å²) in [6.07, 6.45) is 6.54. The van der Waals surface area contributed by atoms with Gasteiger partial charge in [0, 0.05) is 18.7 Å². The lowest BCUT2D eigenvalue weighted by atomic mass is 9.95. The first-order valence-electron chi connectivity index (χ1n) is 9.04. The quantitative estimate of drug-likeness (QED) is 0.728. The second-order valence-electron chi connectivity index (χ2n) is 6.59. The topological polar surface area (TPSA) is 103 Å². The van der Waals surface area contributed by atoms with Crippen LogP contribution >= 0.6 is 0 Å². The van der Waals surface area contributed by atoms with Crippen LogP contribution in [0.15, 0.2) is 0 Å². The largest absolute Gasteiger partial charge is 0.382 e. The molecule has 0 atom stereocenters. The number of nitrogens with zero attached hydrogens (tertiary/aromatic N) is 3. The number of imidazole rings is 1. The van der Waals surface area contributed by atoms with Gasteiger partial charge in [-0.05, 0) is 51.1 Å². The molecule has 2 aromatic heterocycles. The van der Waals surface area contributed by atoms with Crippen LogP contribution in [0.4, 0.5) is 5.82 Å². The number of nitrogen functional groups attached to an aromatic ring is 1. The van der Waals surface area contributed by atoms with E-state index in [1.54, 1.807) is 0 Å². The minimum atomic E-state index is -3.14. The second kappa shape index (κ2) is 7.29. The van der Waals surface area contributed by atoms with Crippen molar-refractivity contribution in [3.05, 3.63) is 17.1 Å². The van der Waals surface area contributed by atoms with Crippen LogP contribution in [-0.2, 0) is 35.8 Å². The summed E-state index contributed by atoms with van der Waals surface area (Å²) in [5.74, 6) is 1.67. The number of unbranched alkanes of at least 4 members (excludes halogenated alkanes) is 1. The molecule has 7 nitrogen and oxygen atoms in total. The lowest BCUT2D eigenvalue weighted by Crippen LogP contribution is -2.22. The summed E-state index contributed by atoms with van der Waals surface area (Å²) in [7, 11) is -1.69. The average Bonchev–Trinajstić information content (AvgIpc) is 2.98. The Morgan fingerprint density at radius 3 is 2.68 bits per heavy atom. The summed E-state index contributed by atoms with van der Waals surface area (Å²) in [6, 6.07) is 0. The Labute approximate surface area is 149 Å². The Hall–Kier alpha value is -1.67. The molecule has 0 fully saturated rings. The summed E-state index contributed by atoms with van der Waals surface area (Å²) < 4.78 is 27.8. The van der Waals surface area contributed by atoms with Crippen molar-refractivity contribution in [1.82, 2.24) is 19.3 Å². The molecule has 8 heteroatoms. The van der Waals surface area contributed by atoms with Gasteiger partial charge in [-0.3, -0.25) is 0 Å². The second-order valence-corrected chi connectivity index (χ2v) is 8.64. The van der Waals surface area contributed by atoms with Gasteiger partial charge in [-0.25, -0.2) is 23.1 Å². The molecule has 2 aromatic rings. The van der Waals surface area contributed by atoms with Crippen LogP contribution in [0.3, 0.4) is 0 Å². The van der Waals surface area contributed by atoms with Crippen molar-refractivity contribution in [3.63, 3.8) is 0 Å². The number of fused-ring (bicyclic) bond motifs is 3. The molecule has 1 aliphatic rings. The molecule has 0 spiro atoms. The molecule has 0 amide bonds. The minimum absolute atomic E-state index is 0.152. The number of hydrogen-bond donors (Lipinski definition) is 2. The van der Waals surface area contributed by atoms with Crippen LogP contribution < -0.4 is 10.5 Å². The van der Waals surface area contributed by atoms with Crippen molar-refractivity contribution in [1.29, 1.82) is 0 Å². The van der Waals surface area contributed by atoms with Gasteiger partial charge >= 0.3 is 0 Å². The number of aromatic nitrogens is 3. The van der Waals surface area contributed by atoms with Gasteiger partial charge in [0.25, 0.3) is 0 Å². The maximum Gasteiger partial charge on any atom is 0.211 e. The summed E-state index contributed by atoms with van der Waals surface area (Å²) in [6.45, 7) is 2.84. The van der Waals surface area contributed by atoms with E-state index in [4.69, 9.17) is 10.7 Å². The highest BCUT2D eigenvalue weighted by Gasteiger charge is 2.22. The molecule has 25 heavy (non-hydrogen) atoms. The normalized spacial score (nSPS) is 14.8. The molecule has 2 heterocycles. The zero-order valence-electron chi connectivity index (χ0n) is 15.0. The molecular weight excluding hydrogens is 338 g/mol. The van der Waals surface area contributed by atoms with Crippen molar-refractivity contribution in [3.8, 4) is 0 Å². The van der Waals surface area contributed by atoms with E-state index >= 15 is 0 Å². The van der Waals surface area contributed by atoms with E-state index in [1.165, 1.54) is 19.0 Å². The summed E-state index contributed by atoms with van der Waals surface area (Å²) in [4.78, 5) is 9.31. The van der Waals surface area contributed by atoms with Crippen molar-refractivity contribution in [2.45, 2.75) is 58.4 Å². The molecular formula is C17H27N5O2S. The molecule has 1 aliphatic carbocycles. The first kappa shape index (κ1) is 18.1. The molecule has 0 saturated carbocycles. The highest BCUT2D eigenvalue weighted by Crippen LogP contribution is 2.31. The van der Waals surface area contributed by atoms with Crippen LogP contribution in [0, 0.1) is 0 Å². The molecule has 0 aliphatic heterocycles. The summed E-state index contributed by atoms with van der Waals surface area (Å²) in [5.41, 5.74) is 10.5. The van der Waals surface area contributed by atoms with E-state index in [0.717, 1.165) is 61.2 Å². The number of hydrogen-bond acceptors (Lipinski definition) is 5. The molecule has 138 valence electrons. The van der Waals surface area contributed by atoms with Gasteiger partial charge in [-0.1, -0.05) is 6.92 Å². The highest BCUT2D eigenvalue weighted by atomic mass is 32.2. The van der Waals surface area contributed by atoms with E-state index in [2.05, 4.69) is 21.2 Å². The fraction of sp³-hybridized carbons (Fsp3) is 0.647. The summed E-state index contributed by atoms with van der Waals surface area (Å²) >= 11 is 0. The van der Waals surface area contributed by atoms with Crippen molar-refractivity contribution in [2.24, 2.45) is 0 Å². The van der Waals surface area contributed by atoms with E-state index in [1.807, 2.05) is 0 Å².